The molecule has 49 heavy (non-hydrogen) atoms. The molecule has 0 spiro atoms. The summed E-state index contributed by atoms with van der Waals surface area (Å²) in [7, 11) is 0. The highest BCUT2D eigenvalue weighted by atomic mass is 16.7. The quantitative estimate of drug-likeness (QED) is 0.115. The molecule has 3 fully saturated rings. The van der Waals surface area contributed by atoms with Gasteiger partial charge in [0.15, 0.2) is 11.7 Å². The second-order valence-corrected chi connectivity index (χ2v) is 12.0. The Morgan fingerprint density at radius 1 is 0.796 bits per heavy atom. The number of benzene rings is 2. The van der Waals surface area contributed by atoms with Crippen LogP contribution in [0.15, 0.2) is 45.6 Å². The molecule has 0 amide bonds. The molecule has 13 atom stereocenters. The van der Waals surface area contributed by atoms with Crippen LogP contribution < -0.4 is 10.2 Å². The number of phenolic OH excluding ortho intramolecular Hbond substituents is 2. The van der Waals surface area contributed by atoms with Crippen molar-refractivity contribution in [3.63, 3.8) is 0 Å². The van der Waals surface area contributed by atoms with Gasteiger partial charge in [-0.25, -0.2) is 0 Å². The smallest absolute Gasteiger partial charge is 0.228 e. The Kier molecular flexibility index (Phi) is 10.1. The fourth-order valence-electron chi connectivity index (χ4n) is 6.02. The number of aliphatic hydroxyl groups excluding tert-OH is 9. The van der Waals surface area contributed by atoms with E-state index in [2.05, 4.69) is 0 Å². The number of hydrogen-bond donors (Lipinski definition) is 11. The van der Waals surface area contributed by atoms with Gasteiger partial charge in [0.2, 0.25) is 6.29 Å². The van der Waals surface area contributed by atoms with Crippen LogP contribution in [0.5, 0.6) is 17.2 Å². The fourth-order valence-corrected chi connectivity index (χ4v) is 6.02. The zero-order chi connectivity index (χ0) is 35.3. The topological polar surface area (TPSA) is 299 Å². The molecule has 0 unspecified atom stereocenters. The summed E-state index contributed by atoms with van der Waals surface area (Å²) in [5, 5.41) is 114. The summed E-state index contributed by atoms with van der Waals surface area (Å²) < 4.78 is 34.0. The van der Waals surface area contributed by atoms with Crippen molar-refractivity contribution in [3.8, 4) is 28.6 Å². The van der Waals surface area contributed by atoms with Gasteiger partial charge in [0.25, 0.3) is 0 Å². The number of rotatable bonds is 7. The summed E-state index contributed by atoms with van der Waals surface area (Å²) in [5.74, 6) is -1.36. The summed E-state index contributed by atoms with van der Waals surface area (Å²) >= 11 is 0. The first-order valence-electron chi connectivity index (χ1n) is 15.2. The maximum atomic E-state index is 13.5. The minimum Gasteiger partial charge on any atom is -0.508 e. The lowest BCUT2D eigenvalue weighted by molar-refractivity contribution is -0.301. The Bertz CT molecular complexity index is 1680. The third-order valence-corrected chi connectivity index (χ3v) is 8.78. The van der Waals surface area contributed by atoms with Crippen LogP contribution in [0.3, 0.4) is 0 Å². The van der Waals surface area contributed by atoms with Crippen molar-refractivity contribution >= 4 is 11.0 Å². The lowest BCUT2D eigenvalue weighted by atomic mass is 9.89. The molecule has 0 radical (unpaired) electrons. The van der Waals surface area contributed by atoms with E-state index >= 15 is 0 Å². The van der Waals surface area contributed by atoms with Crippen molar-refractivity contribution in [1.82, 2.24) is 0 Å². The number of aliphatic hydroxyl groups is 9. The molecule has 18 nitrogen and oxygen atoms in total. The molecule has 268 valence electrons. The lowest BCUT2D eigenvalue weighted by Gasteiger charge is -2.45. The average Bonchev–Trinajstić information content (AvgIpc) is 3.07. The van der Waals surface area contributed by atoms with Gasteiger partial charge in [0, 0.05) is 17.7 Å². The van der Waals surface area contributed by atoms with Crippen LogP contribution in [0.1, 0.15) is 11.7 Å². The van der Waals surface area contributed by atoms with Crippen molar-refractivity contribution in [3.05, 3.63) is 52.2 Å². The summed E-state index contributed by atoms with van der Waals surface area (Å²) in [6.07, 6.45) is -22.5. The van der Waals surface area contributed by atoms with Crippen LogP contribution >= 0.6 is 0 Å². The first kappa shape index (κ1) is 35.4. The predicted molar refractivity (Wildman–Crippen MR) is 159 cm³/mol. The van der Waals surface area contributed by atoms with E-state index < -0.39 is 127 Å². The monoisotopic (exact) mass is 696 g/mol. The molecule has 3 saturated heterocycles. The van der Waals surface area contributed by atoms with Gasteiger partial charge in [-0.1, -0.05) is 0 Å². The van der Waals surface area contributed by atoms with Crippen molar-refractivity contribution in [1.29, 1.82) is 0 Å². The van der Waals surface area contributed by atoms with Gasteiger partial charge >= 0.3 is 0 Å². The van der Waals surface area contributed by atoms with Crippen molar-refractivity contribution < 1.29 is 84.3 Å². The Balaban J connectivity index is 1.51. The van der Waals surface area contributed by atoms with E-state index in [-0.39, 0.29) is 17.1 Å². The molecule has 1 aromatic heterocycles. The summed E-state index contributed by atoms with van der Waals surface area (Å²) in [4.78, 5) is 13.5. The molecular formula is C31H36O18. The van der Waals surface area contributed by atoms with E-state index in [4.69, 9.17) is 28.1 Å². The van der Waals surface area contributed by atoms with Crippen molar-refractivity contribution in [2.75, 3.05) is 19.8 Å². The molecule has 0 saturated carbocycles. The van der Waals surface area contributed by atoms with Gasteiger partial charge in [0.05, 0.1) is 25.4 Å². The molecule has 0 bridgehead atoms. The van der Waals surface area contributed by atoms with Gasteiger partial charge in [-0.15, -0.1) is 0 Å². The Morgan fingerprint density at radius 3 is 2.20 bits per heavy atom. The Morgan fingerprint density at radius 2 is 1.51 bits per heavy atom. The van der Waals surface area contributed by atoms with Crippen LogP contribution in [0.4, 0.5) is 0 Å². The van der Waals surface area contributed by atoms with Gasteiger partial charge in [-0.05, 0) is 24.3 Å². The highest BCUT2D eigenvalue weighted by Crippen LogP contribution is 2.47. The largest absolute Gasteiger partial charge is 0.508 e. The third kappa shape index (κ3) is 6.59. The molecule has 3 aliphatic rings. The molecule has 2 aromatic carbocycles. The van der Waals surface area contributed by atoms with Crippen LogP contribution in [0.25, 0.3) is 22.3 Å². The number of ether oxygens (including phenoxy) is 5. The van der Waals surface area contributed by atoms with E-state index in [1.165, 1.54) is 24.3 Å². The minimum atomic E-state index is -1.93. The second kappa shape index (κ2) is 14.0. The Labute approximate surface area is 275 Å². The molecule has 3 aromatic rings. The van der Waals surface area contributed by atoms with E-state index in [0.717, 1.165) is 12.1 Å². The van der Waals surface area contributed by atoms with Crippen LogP contribution in [-0.4, -0.2) is 150 Å². The zero-order valence-corrected chi connectivity index (χ0v) is 25.4. The van der Waals surface area contributed by atoms with Crippen molar-refractivity contribution in [2.24, 2.45) is 0 Å². The number of fused-ring (bicyclic) bond motifs is 1. The van der Waals surface area contributed by atoms with Gasteiger partial charge < -0.3 is 84.3 Å². The van der Waals surface area contributed by atoms with Gasteiger partial charge in [-0.3, -0.25) is 4.79 Å². The maximum Gasteiger partial charge on any atom is 0.228 e. The molecule has 3 aliphatic heterocycles. The summed E-state index contributed by atoms with van der Waals surface area (Å²) in [5.41, 5.74) is -1.17. The van der Waals surface area contributed by atoms with Gasteiger partial charge in [-0.2, -0.15) is 0 Å². The molecule has 0 aliphatic carbocycles. The summed E-state index contributed by atoms with van der Waals surface area (Å²) in [6, 6.07) is 7.78. The number of phenols is 2. The van der Waals surface area contributed by atoms with Crippen LogP contribution in [0.2, 0.25) is 0 Å². The first-order valence-corrected chi connectivity index (χ1v) is 15.2. The molecule has 18 heteroatoms. The van der Waals surface area contributed by atoms with E-state index in [9.17, 15) is 61.0 Å². The first-order chi connectivity index (χ1) is 23.3. The zero-order valence-electron chi connectivity index (χ0n) is 25.4. The number of aromatic hydroxyl groups is 2. The normalized spacial score (nSPS) is 36.9. The predicted octanol–water partition coefficient (Wildman–Crippen LogP) is -3.33. The standard InChI is InChI=1S/C31H36O18/c32-7-17-22(37)25(40)29(48-18-9-44-30(43)26(41)23(18)38)28(47-17)20-16(49-31-27(42)21(36)13(35)8-45-31)6-15-19(24(20)39)12(34)5-14(46-15)10-1-3-11(33)4-2-10/h1-6,13,17-18,21-23,25-33,35-43H,7-9H2/t13-,17-,18-,21+,22-,23-,25+,26+,27-,28+,29-,30-,31+/m1/s1. The second-order valence-electron chi connectivity index (χ2n) is 12.0. The van der Waals surface area contributed by atoms with E-state index in [0.29, 0.717) is 5.56 Å². The van der Waals surface area contributed by atoms with Crippen molar-refractivity contribution in [2.45, 2.75) is 79.7 Å². The van der Waals surface area contributed by atoms with Crippen LogP contribution in [0, 0.1) is 0 Å². The SMILES string of the molecule is O=c1cc(-c2ccc(O)cc2)oc2cc(O[C@@H]3OC[C@@H](O)[C@H](O)[C@H]3O)c([C@@H]3O[C@H](CO)[C@@H](O)[C@H](O)[C@H]3O[C@@H]3CO[C@@H](O)[C@@H](O)[C@@H]3O)c(O)c12. The third-order valence-electron chi connectivity index (χ3n) is 8.78. The van der Waals surface area contributed by atoms with Gasteiger partial charge in [0.1, 0.15) is 101 Å². The average molecular weight is 697 g/mol. The minimum absolute atomic E-state index is 0.00384. The highest BCUT2D eigenvalue weighted by Gasteiger charge is 2.51. The molecule has 4 heterocycles. The molecule has 6 rings (SSSR count). The molecular weight excluding hydrogens is 660 g/mol. The Hall–Kier alpha value is -3.47. The lowest BCUT2D eigenvalue weighted by Crippen LogP contribution is -2.60. The van der Waals surface area contributed by atoms with E-state index in [1.807, 2.05) is 0 Å². The van der Waals surface area contributed by atoms with Crippen LogP contribution in [-0.2, 0) is 18.9 Å². The maximum absolute atomic E-state index is 13.5. The highest BCUT2D eigenvalue weighted by molar-refractivity contribution is 5.88. The number of hydrogen-bond acceptors (Lipinski definition) is 18. The molecule has 11 N–H and O–H groups in total. The summed E-state index contributed by atoms with van der Waals surface area (Å²) in [6.45, 7) is -1.87. The van der Waals surface area contributed by atoms with E-state index in [1.54, 1.807) is 0 Å². The fraction of sp³-hybridized carbons (Fsp3) is 0.516.